The van der Waals surface area contributed by atoms with Crippen LogP contribution in [-0.2, 0) is 5.41 Å². The summed E-state index contributed by atoms with van der Waals surface area (Å²) < 4.78 is 4.77. The predicted molar refractivity (Wildman–Crippen MR) is 263 cm³/mol. The van der Waals surface area contributed by atoms with Crippen LogP contribution < -0.4 is 0 Å². The zero-order chi connectivity index (χ0) is 41.9. The molecule has 0 fully saturated rings. The highest BCUT2D eigenvalue weighted by atomic mass is 32.2. The molecule has 2 aliphatic rings. The smallest absolute Gasteiger partial charge is 0.0937 e. The molecule has 1 aliphatic heterocycles. The average Bonchev–Trinajstić information content (AvgIpc) is 3.98. The van der Waals surface area contributed by atoms with Crippen LogP contribution in [0.15, 0.2) is 228 Å². The van der Waals surface area contributed by atoms with Gasteiger partial charge in [-0.1, -0.05) is 133 Å². The van der Waals surface area contributed by atoms with Gasteiger partial charge >= 0.3 is 0 Å². The van der Waals surface area contributed by atoms with E-state index >= 15 is 0 Å². The Morgan fingerprint density at radius 2 is 0.859 bits per heavy atom. The van der Waals surface area contributed by atoms with E-state index in [2.05, 4.69) is 215 Å². The van der Waals surface area contributed by atoms with Gasteiger partial charge in [0.15, 0.2) is 0 Å². The van der Waals surface area contributed by atoms with Crippen molar-refractivity contribution in [3.05, 3.63) is 241 Å². The summed E-state index contributed by atoms with van der Waals surface area (Å²) >= 11 is 1.89. The second-order valence-corrected chi connectivity index (χ2v) is 17.9. The van der Waals surface area contributed by atoms with Crippen LogP contribution in [0.1, 0.15) is 22.3 Å². The van der Waals surface area contributed by atoms with Gasteiger partial charge in [-0.05, 0) is 129 Å². The molecule has 0 N–H and O–H groups in total. The Morgan fingerprint density at radius 3 is 1.48 bits per heavy atom. The number of nitrogens with zero attached hydrogens (tertiary/aromatic N) is 4. The Labute approximate surface area is 373 Å². The fourth-order valence-corrected chi connectivity index (χ4v) is 12.3. The molecule has 8 aromatic carbocycles. The van der Waals surface area contributed by atoms with Crippen LogP contribution in [0.5, 0.6) is 0 Å². The highest BCUT2D eigenvalue weighted by molar-refractivity contribution is 7.99. The lowest BCUT2D eigenvalue weighted by Gasteiger charge is -2.40. The van der Waals surface area contributed by atoms with Crippen LogP contribution in [0.3, 0.4) is 0 Å². The third-order valence-corrected chi connectivity index (χ3v) is 14.9. The molecule has 298 valence electrons. The number of hydrogen-bond acceptors (Lipinski definition) is 3. The highest BCUT2D eigenvalue weighted by Crippen LogP contribution is 2.63. The molecular formula is C59H36N4S. The minimum absolute atomic E-state index is 0.643. The standard InChI is InChI=1S/C59H36N4S/c1-3-14-40(15-4-1)62-51-24-9-7-18-43(51)45-34-37(26-29-53(45)62)38-28-31-55-50(36-38)59(47-22-12-32-60-56(47)57-48(59)23-13-33-61-57)49-21-11-20-42(58(49)64-55)39-27-30-54-46(35-39)44-19-8-10-25-52(44)63(54)41-16-5-2-6-17-41/h1-36H. The minimum Gasteiger partial charge on any atom is -0.309 e. The van der Waals surface area contributed by atoms with Crippen molar-refractivity contribution in [2.45, 2.75) is 15.2 Å². The molecule has 64 heavy (non-hydrogen) atoms. The van der Waals surface area contributed by atoms with Crippen LogP contribution in [-0.4, -0.2) is 19.1 Å². The fourth-order valence-electron chi connectivity index (χ4n) is 11.0. The number of hydrogen-bond donors (Lipinski definition) is 0. The molecule has 12 aromatic rings. The van der Waals surface area contributed by atoms with E-state index in [1.54, 1.807) is 0 Å². The van der Waals surface area contributed by atoms with Crippen molar-refractivity contribution in [1.82, 2.24) is 19.1 Å². The topological polar surface area (TPSA) is 35.6 Å². The molecule has 0 atom stereocenters. The van der Waals surface area contributed by atoms with Gasteiger partial charge in [0.2, 0.25) is 0 Å². The van der Waals surface area contributed by atoms with Gasteiger partial charge in [0, 0.05) is 55.1 Å². The number of rotatable bonds is 4. The van der Waals surface area contributed by atoms with Crippen LogP contribution in [0, 0.1) is 0 Å². The molecule has 1 aliphatic carbocycles. The molecule has 4 aromatic heterocycles. The van der Waals surface area contributed by atoms with Crippen LogP contribution in [0.2, 0.25) is 0 Å². The van der Waals surface area contributed by atoms with Gasteiger partial charge in [-0.3, -0.25) is 9.97 Å². The Morgan fingerprint density at radius 1 is 0.359 bits per heavy atom. The van der Waals surface area contributed by atoms with E-state index in [9.17, 15) is 0 Å². The molecule has 14 rings (SSSR count). The minimum atomic E-state index is -0.643. The summed E-state index contributed by atoms with van der Waals surface area (Å²) in [6.45, 7) is 0. The second kappa shape index (κ2) is 13.5. The zero-order valence-electron chi connectivity index (χ0n) is 34.5. The summed E-state index contributed by atoms with van der Waals surface area (Å²) in [5, 5.41) is 4.97. The van der Waals surface area contributed by atoms with E-state index in [0.29, 0.717) is 0 Å². The van der Waals surface area contributed by atoms with Crippen molar-refractivity contribution in [2.75, 3.05) is 0 Å². The predicted octanol–water partition coefficient (Wildman–Crippen LogP) is 14.8. The first kappa shape index (κ1) is 35.6. The first-order valence-electron chi connectivity index (χ1n) is 21.8. The molecule has 5 heteroatoms. The van der Waals surface area contributed by atoms with Gasteiger partial charge in [0.25, 0.3) is 0 Å². The van der Waals surface area contributed by atoms with E-state index < -0.39 is 5.41 Å². The van der Waals surface area contributed by atoms with Gasteiger partial charge in [-0.25, -0.2) is 0 Å². The van der Waals surface area contributed by atoms with Crippen molar-refractivity contribution in [1.29, 1.82) is 0 Å². The van der Waals surface area contributed by atoms with E-state index in [-0.39, 0.29) is 0 Å². The number of fused-ring (bicyclic) bond motifs is 15. The fraction of sp³-hybridized carbons (Fsp3) is 0.0169. The number of aromatic nitrogens is 4. The monoisotopic (exact) mass is 832 g/mol. The van der Waals surface area contributed by atoms with Gasteiger partial charge in [0.1, 0.15) is 0 Å². The third kappa shape index (κ3) is 4.84. The summed E-state index contributed by atoms with van der Waals surface area (Å²) in [5.41, 5.74) is 18.0. The summed E-state index contributed by atoms with van der Waals surface area (Å²) in [4.78, 5) is 12.6. The average molecular weight is 833 g/mol. The van der Waals surface area contributed by atoms with Crippen molar-refractivity contribution in [2.24, 2.45) is 0 Å². The molecule has 0 amide bonds. The number of benzene rings is 8. The molecule has 0 bridgehead atoms. The molecule has 0 unspecified atom stereocenters. The number of para-hydroxylation sites is 4. The van der Waals surface area contributed by atoms with Crippen molar-refractivity contribution in [3.8, 4) is 45.0 Å². The van der Waals surface area contributed by atoms with Gasteiger partial charge in [-0.2, -0.15) is 0 Å². The maximum absolute atomic E-state index is 5.06. The zero-order valence-corrected chi connectivity index (χ0v) is 35.3. The van der Waals surface area contributed by atoms with Crippen molar-refractivity contribution < 1.29 is 0 Å². The molecule has 1 spiro atoms. The van der Waals surface area contributed by atoms with E-state index in [1.165, 1.54) is 97.9 Å². The van der Waals surface area contributed by atoms with Gasteiger partial charge in [0.05, 0.1) is 38.9 Å². The van der Waals surface area contributed by atoms with Crippen LogP contribution >= 0.6 is 11.8 Å². The lowest BCUT2D eigenvalue weighted by molar-refractivity contribution is 0.720. The van der Waals surface area contributed by atoms with Crippen LogP contribution in [0.4, 0.5) is 0 Å². The Kier molecular flexibility index (Phi) is 7.51. The first-order valence-corrected chi connectivity index (χ1v) is 22.6. The Hall–Kier alpha value is -7.99. The molecule has 0 saturated carbocycles. The van der Waals surface area contributed by atoms with Crippen molar-refractivity contribution in [3.63, 3.8) is 0 Å². The normalized spacial score (nSPS) is 13.4. The first-order chi connectivity index (χ1) is 31.8. The lowest BCUT2D eigenvalue weighted by atomic mass is 9.67. The maximum atomic E-state index is 5.06. The molecule has 4 nitrogen and oxygen atoms in total. The summed E-state index contributed by atoms with van der Waals surface area (Å²) in [6.07, 6.45) is 3.82. The summed E-state index contributed by atoms with van der Waals surface area (Å²) in [6, 6.07) is 75.7. The Balaban J connectivity index is 0.993. The van der Waals surface area contributed by atoms with Crippen LogP contribution in [0.25, 0.3) is 88.6 Å². The summed E-state index contributed by atoms with van der Waals surface area (Å²) in [7, 11) is 0. The Bertz CT molecular complexity index is 3830. The van der Waals surface area contributed by atoms with E-state index in [1.807, 2.05) is 24.2 Å². The second-order valence-electron chi connectivity index (χ2n) is 16.9. The lowest BCUT2D eigenvalue weighted by Crippen LogP contribution is -2.32. The van der Waals surface area contributed by atoms with Gasteiger partial charge < -0.3 is 9.13 Å². The molecular weight excluding hydrogens is 797 g/mol. The quantitative estimate of drug-likeness (QED) is 0.177. The molecule has 0 radical (unpaired) electrons. The SMILES string of the molecule is c1ccc(-n2c3ccccc3c3cc(-c4ccc5c(c4)C4(c6cccnc6-c6ncccc64)c4cccc(-c6ccc7c(c6)c6ccccc6n7-c6ccccc6)c4S5)ccc32)cc1. The van der Waals surface area contributed by atoms with E-state index in [0.717, 1.165) is 22.8 Å². The number of pyridine rings is 2. The summed E-state index contributed by atoms with van der Waals surface area (Å²) in [5.74, 6) is 0. The third-order valence-electron chi connectivity index (χ3n) is 13.7. The highest BCUT2D eigenvalue weighted by Gasteiger charge is 2.52. The van der Waals surface area contributed by atoms with Gasteiger partial charge in [-0.15, -0.1) is 0 Å². The van der Waals surface area contributed by atoms with E-state index in [4.69, 9.17) is 9.97 Å². The van der Waals surface area contributed by atoms with Crippen molar-refractivity contribution >= 4 is 55.4 Å². The molecule has 5 heterocycles. The molecule has 0 saturated heterocycles. The maximum Gasteiger partial charge on any atom is 0.0937 e. The largest absolute Gasteiger partial charge is 0.309 e.